The molecular weight excluding hydrogens is 248 g/mol. The van der Waals surface area contributed by atoms with Crippen LogP contribution in [0.2, 0.25) is 0 Å². The number of aromatic nitrogens is 2. The summed E-state index contributed by atoms with van der Waals surface area (Å²) in [7, 11) is 0. The van der Waals surface area contributed by atoms with Gasteiger partial charge in [-0.1, -0.05) is 25.3 Å². The van der Waals surface area contributed by atoms with Gasteiger partial charge in [-0.25, -0.2) is 0 Å². The number of piperidine rings is 1. The normalized spacial score (nSPS) is 20.7. The minimum atomic E-state index is -0.148. The van der Waals surface area contributed by atoms with Crippen molar-refractivity contribution in [2.24, 2.45) is 0 Å². The molecule has 1 aliphatic rings. The predicted octanol–water partition coefficient (Wildman–Crippen LogP) is 1.32. The van der Waals surface area contributed by atoms with Crippen molar-refractivity contribution < 1.29 is 4.79 Å². The molecule has 1 aliphatic heterocycles. The molecule has 0 unspecified atom stereocenters. The SMILES string of the molecule is CC(C)(C)c1nnsc1C(=O)N[C@H]1CCCNC1. The first-order valence-electron chi connectivity index (χ1n) is 6.33. The molecule has 0 spiro atoms. The maximum Gasteiger partial charge on any atom is 0.265 e. The minimum Gasteiger partial charge on any atom is -0.347 e. The molecule has 1 aromatic rings. The van der Waals surface area contributed by atoms with E-state index in [0.717, 1.165) is 31.6 Å². The second kappa shape index (κ2) is 5.32. The van der Waals surface area contributed by atoms with E-state index in [0.29, 0.717) is 4.88 Å². The molecule has 0 aromatic carbocycles. The average molecular weight is 268 g/mol. The van der Waals surface area contributed by atoms with Crippen molar-refractivity contribution in [1.82, 2.24) is 20.2 Å². The topological polar surface area (TPSA) is 66.9 Å². The predicted molar refractivity (Wildman–Crippen MR) is 72.0 cm³/mol. The van der Waals surface area contributed by atoms with Crippen molar-refractivity contribution in [3.63, 3.8) is 0 Å². The molecule has 1 saturated heterocycles. The van der Waals surface area contributed by atoms with Gasteiger partial charge in [-0.2, -0.15) is 0 Å². The van der Waals surface area contributed by atoms with E-state index in [-0.39, 0.29) is 17.4 Å². The van der Waals surface area contributed by atoms with Crippen LogP contribution in [0.25, 0.3) is 0 Å². The lowest BCUT2D eigenvalue weighted by Gasteiger charge is -2.24. The number of nitrogens with one attached hydrogen (secondary N) is 2. The van der Waals surface area contributed by atoms with Crippen molar-refractivity contribution >= 4 is 17.4 Å². The van der Waals surface area contributed by atoms with E-state index in [1.54, 1.807) is 0 Å². The van der Waals surface area contributed by atoms with E-state index >= 15 is 0 Å². The molecule has 1 atom stereocenters. The van der Waals surface area contributed by atoms with Gasteiger partial charge in [0, 0.05) is 18.0 Å². The molecule has 1 fully saturated rings. The Hall–Kier alpha value is -1.01. The molecule has 2 rings (SSSR count). The first kappa shape index (κ1) is 13.4. The fourth-order valence-electron chi connectivity index (χ4n) is 2.06. The Labute approximate surface area is 112 Å². The van der Waals surface area contributed by atoms with Crippen LogP contribution in [0.1, 0.15) is 49.0 Å². The van der Waals surface area contributed by atoms with Crippen LogP contribution < -0.4 is 10.6 Å². The fourth-order valence-corrected chi connectivity index (χ4v) is 2.84. The first-order valence-corrected chi connectivity index (χ1v) is 7.10. The quantitative estimate of drug-likeness (QED) is 0.849. The van der Waals surface area contributed by atoms with Crippen molar-refractivity contribution in [3.8, 4) is 0 Å². The van der Waals surface area contributed by atoms with Gasteiger partial charge < -0.3 is 10.6 Å². The van der Waals surface area contributed by atoms with Gasteiger partial charge in [0.2, 0.25) is 0 Å². The lowest BCUT2D eigenvalue weighted by atomic mass is 9.91. The molecule has 2 N–H and O–H groups in total. The third kappa shape index (κ3) is 3.05. The monoisotopic (exact) mass is 268 g/mol. The zero-order chi connectivity index (χ0) is 13.2. The van der Waals surface area contributed by atoms with Crippen molar-refractivity contribution in [3.05, 3.63) is 10.6 Å². The molecule has 0 saturated carbocycles. The van der Waals surface area contributed by atoms with E-state index in [1.165, 1.54) is 11.5 Å². The second-order valence-corrected chi connectivity index (χ2v) is 6.47. The molecule has 1 aromatic heterocycles. The highest BCUT2D eigenvalue weighted by atomic mass is 32.1. The van der Waals surface area contributed by atoms with E-state index in [2.05, 4.69) is 20.2 Å². The van der Waals surface area contributed by atoms with Crippen molar-refractivity contribution in [1.29, 1.82) is 0 Å². The van der Waals surface area contributed by atoms with E-state index < -0.39 is 0 Å². The Morgan fingerprint density at radius 2 is 2.28 bits per heavy atom. The van der Waals surface area contributed by atoms with Crippen molar-refractivity contribution in [2.45, 2.75) is 45.1 Å². The summed E-state index contributed by atoms with van der Waals surface area (Å²) in [6.07, 6.45) is 2.15. The third-order valence-corrected chi connectivity index (χ3v) is 3.76. The zero-order valence-electron chi connectivity index (χ0n) is 11.1. The number of carbonyl (C=O) groups is 1. The number of hydrogen-bond acceptors (Lipinski definition) is 5. The average Bonchev–Trinajstić information content (AvgIpc) is 2.79. The molecular formula is C12H20N4OS. The standard InChI is InChI=1S/C12H20N4OS/c1-12(2,3)10-9(18-16-15-10)11(17)14-8-5-4-6-13-7-8/h8,13H,4-7H2,1-3H3,(H,14,17)/t8-/m0/s1. The molecule has 18 heavy (non-hydrogen) atoms. The number of nitrogens with zero attached hydrogens (tertiary/aromatic N) is 2. The summed E-state index contributed by atoms with van der Waals surface area (Å²) >= 11 is 1.18. The van der Waals surface area contributed by atoms with Gasteiger partial charge in [0.15, 0.2) is 0 Å². The molecule has 2 heterocycles. The van der Waals surface area contributed by atoms with Gasteiger partial charge in [0.05, 0.1) is 5.69 Å². The third-order valence-electron chi connectivity index (χ3n) is 3.04. The van der Waals surface area contributed by atoms with E-state index in [9.17, 15) is 4.79 Å². The van der Waals surface area contributed by atoms with Crippen LogP contribution >= 0.6 is 11.5 Å². The number of amides is 1. The molecule has 0 bridgehead atoms. The van der Waals surface area contributed by atoms with E-state index in [1.807, 2.05) is 20.8 Å². The van der Waals surface area contributed by atoms with Gasteiger partial charge in [0.1, 0.15) is 4.88 Å². The van der Waals surface area contributed by atoms with Crippen LogP contribution in [0.4, 0.5) is 0 Å². The maximum atomic E-state index is 12.2. The first-order chi connectivity index (χ1) is 8.48. The molecule has 1 amide bonds. The number of rotatable bonds is 2. The lowest BCUT2D eigenvalue weighted by molar-refractivity contribution is 0.0932. The summed E-state index contributed by atoms with van der Waals surface area (Å²) < 4.78 is 3.92. The highest BCUT2D eigenvalue weighted by Gasteiger charge is 2.27. The van der Waals surface area contributed by atoms with E-state index in [4.69, 9.17) is 0 Å². The Bertz CT molecular complexity index is 418. The molecule has 100 valence electrons. The van der Waals surface area contributed by atoms with Crippen LogP contribution in [0.5, 0.6) is 0 Å². The molecule has 6 heteroatoms. The van der Waals surface area contributed by atoms with Gasteiger partial charge in [-0.15, -0.1) is 5.10 Å². The lowest BCUT2D eigenvalue weighted by Crippen LogP contribution is -2.45. The largest absolute Gasteiger partial charge is 0.347 e. The molecule has 0 radical (unpaired) electrons. The molecule has 5 nitrogen and oxygen atoms in total. The van der Waals surface area contributed by atoms with Crippen molar-refractivity contribution in [2.75, 3.05) is 13.1 Å². The highest BCUT2D eigenvalue weighted by molar-refractivity contribution is 7.08. The van der Waals surface area contributed by atoms with Crippen LogP contribution in [-0.2, 0) is 5.41 Å². The second-order valence-electron chi connectivity index (χ2n) is 5.72. The van der Waals surface area contributed by atoms with Crippen LogP contribution in [0.15, 0.2) is 0 Å². The van der Waals surface area contributed by atoms with Gasteiger partial charge in [0.25, 0.3) is 5.91 Å². The Morgan fingerprint density at radius 1 is 1.50 bits per heavy atom. The summed E-state index contributed by atoms with van der Waals surface area (Å²) in [5.41, 5.74) is 0.638. The summed E-state index contributed by atoms with van der Waals surface area (Å²) in [6, 6.07) is 0.223. The summed E-state index contributed by atoms with van der Waals surface area (Å²) in [5, 5.41) is 10.4. The zero-order valence-corrected chi connectivity index (χ0v) is 11.9. The van der Waals surface area contributed by atoms with Crippen LogP contribution in [0.3, 0.4) is 0 Å². The van der Waals surface area contributed by atoms with Gasteiger partial charge >= 0.3 is 0 Å². The summed E-state index contributed by atoms with van der Waals surface area (Å²) in [6.45, 7) is 8.03. The number of carbonyl (C=O) groups excluding carboxylic acids is 1. The van der Waals surface area contributed by atoms with Crippen LogP contribution in [0, 0.1) is 0 Å². The van der Waals surface area contributed by atoms with Gasteiger partial charge in [-0.3, -0.25) is 4.79 Å². The Morgan fingerprint density at radius 3 is 2.89 bits per heavy atom. The minimum absolute atomic E-state index is 0.0383. The number of hydrogen-bond donors (Lipinski definition) is 2. The Balaban J connectivity index is 2.07. The summed E-state index contributed by atoms with van der Waals surface area (Å²) in [5.74, 6) is -0.0383. The summed E-state index contributed by atoms with van der Waals surface area (Å²) in [4.78, 5) is 12.9. The highest BCUT2D eigenvalue weighted by Crippen LogP contribution is 2.25. The van der Waals surface area contributed by atoms with Crippen LogP contribution in [-0.4, -0.2) is 34.6 Å². The molecule has 0 aliphatic carbocycles. The Kier molecular flexibility index (Phi) is 3.97. The maximum absolute atomic E-state index is 12.2. The smallest absolute Gasteiger partial charge is 0.265 e. The fraction of sp³-hybridized carbons (Fsp3) is 0.750. The van der Waals surface area contributed by atoms with Gasteiger partial charge in [-0.05, 0) is 30.9 Å².